The smallest absolute Gasteiger partial charge is 0.125 e. The van der Waals surface area contributed by atoms with Crippen LogP contribution >= 0.6 is 11.3 Å². The minimum atomic E-state index is 0.498. The van der Waals surface area contributed by atoms with Gasteiger partial charge in [-0.3, -0.25) is 10.00 Å². The van der Waals surface area contributed by atoms with Gasteiger partial charge in [-0.05, 0) is 43.8 Å². The third-order valence-corrected chi connectivity index (χ3v) is 5.49. The van der Waals surface area contributed by atoms with Gasteiger partial charge in [0.15, 0.2) is 0 Å². The second kappa shape index (κ2) is 6.83. The zero-order valence-corrected chi connectivity index (χ0v) is 14.6. The Hall–Kier alpha value is -2.05. The van der Waals surface area contributed by atoms with Crippen molar-refractivity contribution in [1.29, 1.82) is 0 Å². The van der Waals surface area contributed by atoms with E-state index in [4.69, 9.17) is 0 Å². The van der Waals surface area contributed by atoms with E-state index >= 15 is 0 Å². The van der Waals surface area contributed by atoms with Crippen LogP contribution in [0.25, 0.3) is 10.6 Å². The highest BCUT2D eigenvalue weighted by Gasteiger charge is 2.23. The number of hydrogen-bond acceptors (Lipinski definition) is 5. The van der Waals surface area contributed by atoms with Crippen LogP contribution < -0.4 is 0 Å². The first kappa shape index (κ1) is 15.5. The van der Waals surface area contributed by atoms with Gasteiger partial charge >= 0.3 is 0 Å². The Labute approximate surface area is 145 Å². The highest BCUT2D eigenvalue weighted by Crippen LogP contribution is 2.30. The van der Waals surface area contributed by atoms with E-state index in [1.165, 1.54) is 29.0 Å². The van der Waals surface area contributed by atoms with Gasteiger partial charge in [0.1, 0.15) is 5.82 Å². The topological polar surface area (TPSA) is 57.7 Å². The number of aromatic nitrogens is 4. The van der Waals surface area contributed by atoms with Crippen LogP contribution in [0.5, 0.6) is 0 Å². The monoisotopic (exact) mass is 339 g/mol. The predicted octanol–water partition coefficient (Wildman–Crippen LogP) is 3.62. The lowest BCUT2D eigenvalue weighted by atomic mass is 9.94. The van der Waals surface area contributed by atoms with Crippen molar-refractivity contribution in [3.63, 3.8) is 0 Å². The Bertz CT molecular complexity index is 795. The molecule has 0 aromatic carbocycles. The van der Waals surface area contributed by atoms with Crippen LogP contribution in [0.3, 0.4) is 0 Å². The summed E-state index contributed by atoms with van der Waals surface area (Å²) in [4.78, 5) is 12.6. The zero-order valence-electron chi connectivity index (χ0n) is 13.8. The van der Waals surface area contributed by atoms with E-state index in [9.17, 15) is 0 Å². The molecule has 0 aliphatic carbocycles. The highest BCUT2D eigenvalue weighted by atomic mass is 32.1. The molecule has 0 spiro atoms. The molecule has 0 saturated carbocycles. The normalized spacial score (nSPS) is 18.8. The van der Waals surface area contributed by atoms with Crippen LogP contribution in [0.15, 0.2) is 36.0 Å². The summed E-state index contributed by atoms with van der Waals surface area (Å²) in [5.74, 6) is 1.36. The quantitative estimate of drug-likeness (QED) is 0.789. The second-order valence-electron chi connectivity index (χ2n) is 6.35. The molecule has 3 aromatic heterocycles. The van der Waals surface area contributed by atoms with Gasteiger partial charge in [-0.15, -0.1) is 11.3 Å². The molecule has 0 radical (unpaired) electrons. The van der Waals surface area contributed by atoms with Gasteiger partial charge < -0.3 is 0 Å². The van der Waals surface area contributed by atoms with E-state index < -0.39 is 0 Å². The van der Waals surface area contributed by atoms with Crippen molar-refractivity contribution in [2.75, 3.05) is 13.1 Å². The third kappa shape index (κ3) is 3.25. The SMILES string of the molecule is Cc1nccc([C@@H]2CCCN(Cc3cn[nH]c3-c3cccs3)C2)n1. The standard InChI is InChI=1S/C18H21N5S/c1-13-19-7-6-16(21-13)14-4-2-8-23(11-14)12-15-10-20-22-18(15)17-5-3-9-24-17/h3,5-7,9-10,14H,2,4,8,11-12H2,1H3,(H,20,22)/t14-/m1/s1. The van der Waals surface area contributed by atoms with E-state index in [0.717, 1.165) is 31.2 Å². The number of rotatable bonds is 4. The van der Waals surface area contributed by atoms with Crippen LogP contribution in [-0.2, 0) is 6.54 Å². The van der Waals surface area contributed by atoms with Gasteiger partial charge in [-0.25, -0.2) is 9.97 Å². The molecule has 1 fully saturated rings. The fraction of sp³-hybridized carbons (Fsp3) is 0.389. The summed E-state index contributed by atoms with van der Waals surface area (Å²) in [6.45, 7) is 5.08. The first-order valence-electron chi connectivity index (χ1n) is 8.37. The van der Waals surface area contributed by atoms with Crippen molar-refractivity contribution in [3.05, 3.63) is 53.1 Å². The molecule has 0 amide bonds. The molecular formula is C18H21N5S. The third-order valence-electron chi connectivity index (χ3n) is 4.60. The Morgan fingerprint density at radius 2 is 2.33 bits per heavy atom. The summed E-state index contributed by atoms with van der Waals surface area (Å²) >= 11 is 1.75. The molecule has 1 saturated heterocycles. The van der Waals surface area contributed by atoms with E-state index in [2.05, 4.69) is 48.6 Å². The largest absolute Gasteiger partial charge is 0.298 e. The number of nitrogens with one attached hydrogen (secondary N) is 1. The summed E-state index contributed by atoms with van der Waals surface area (Å²) < 4.78 is 0. The van der Waals surface area contributed by atoms with Crippen molar-refractivity contribution < 1.29 is 0 Å². The first-order chi connectivity index (χ1) is 11.8. The molecule has 1 N–H and O–H groups in total. The number of aryl methyl sites for hydroxylation is 1. The Balaban J connectivity index is 1.49. The minimum Gasteiger partial charge on any atom is -0.298 e. The molecule has 1 aliphatic heterocycles. The average molecular weight is 339 g/mol. The maximum absolute atomic E-state index is 4.63. The number of likely N-dealkylation sites (tertiary alicyclic amines) is 1. The van der Waals surface area contributed by atoms with Crippen LogP contribution in [0.2, 0.25) is 0 Å². The second-order valence-corrected chi connectivity index (χ2v) is 7.30. The Morgan fingerprint density at radius 3 is 3.17 bits per heavy atom. The summed E-state index contributed by atoms with van der Waals surface area (Å²) in [5, 5.41) is 9.53. The van der Waals surface area contributed by atoms with Gasteiger partial charge in [0.05, 0.1) is 16.8 Å². The molecule has 0 unspecified atom stereocenters. The lowest BCUT2D eigenvalue weighted by Crippen LogP contribution is -2.34. The van der Waals surface area contributed by atoms with E-state index in [1.54, 1.807) is 11.3 Å². The van der Waals surface area contributed by atoms with Gasteiger partial charge in [-0.1, -0.05) is 6.07 Å². The molecular weight excluding hydrogens is 318 g/mol. The average Bonchev–Trinajstić information content (AvgIpc) is 3.26. The first-order valence-corrected chi connectivity index (χ1v) is 9.25. The van der Waals surface area contributed by atoms with E-state index in [0.29, 0.717) is 5.92 Å². The molecule has 24 heavy (non-hydrogen) atoms. The van der Waals surface area contributed by atoms with Gasteiger partial charge in [-0.2, -0.15) is 5.10 Å². The van der Waals surface area contributed by atoms with Crippen molar-refractivity contribution >= 4 is 11.3 Å². The number of hydrogen-bond donors (Lipinski definition) is 1. The maximum Gasteiger partial charge on any atom is 0.125 e. The van der Waals surface area contributed by atoms with Crippen molar-refractivity contribution in [2.24, 2.45) is 0 Å². The molecule has 1 aliphatic rings. The number of thiophene rings is 1. The van der Waals surface area contributed by atoms with Crippen LogP contribution in [-0.4, -0.2) is 38.2 Å². The van der Waals surface area contributed by atoms with Crippen LogP contribution in [0.4, 0.5) is 0 Å². The van der Waals surface area contributed by atoms with Gasteiger partial charge in [0.25, 0.3) is 0 Å². The molecule has 3 aromatic rings. The summed E-state index contributed by atoms with van der Waals surface area (Å²) in [7, 11) is 0. The number of nitrogens with zero attached hydrogens (tertiary/aromatic N) is 4. The number of H-pyrrole nitrogens is 1. The predicted molar refractivity (Wildman–Crippen MR) is 95.9 cm³/mol. The van der Waals surface area contributed by atoms with Crippen molar-refractivity contribution in [1.82, 2.24) is 25.1 Å². The van der Waals surface area contributed by atoms with E-state index in [1.807, 2.05) is 19.3 Å². The summed E-state index contributed by atoms with van der Waals surface area (Å²) in [5.41, 5.74) is 3.61. The molecule has 5 nitrogen and oxygen atoms in total. The molecule has 4 heterocycles. The Morgan fingerprint density at radius 1 is 1.38 bits per heavy atom. The molecule has 6 heteroatoms. The molecule has 4 rings (SSSR count). The summed E-state index contributed by atoms with van der Waals surface area (Å²) in [6, 6.07) is 6.29. The maximum atomic E-state index is 4.63. The van der Waals surface area contributed by atoms with Crippen molar-refractivity contribution in [3.8, 4) is 10.6 Å². The van der Waals surface area contributed by atoms with Gasteiger partial charge in [0.2, 0.25) is 0 Å². The highest BCUT2D eigenvalue weighted by molar-refractivity contribution is 7.13. The van der Waals surface area contributed by atoms with Crippen LogP contribution in [0.1, 0.15) is 35.8 Å². The van der Waals surface area contributed by atoms with E-state index in [-0.39, 0.29) is 0 Å². The molecule has 124 valence electrons. The van der Waals surface area contributed by atoms with Crippen molar-refractivity contribution in [2.45, 2.75) is 32.2 Å². The number of piperidine rings is 1. The summed E-state index contributed by atoms with van der Waals surface area (Å²) in [6.07, 6.45) is 6.26. The van der Waals surface area contributed by atoms with Crippen LogP contribution in [0, 0.1) is 6.92 Å². The zero-order chi connectivity index (χ0) is 16.4. The molecule has 0 bridgehead atoms. The number of aromatic amines is 1. The van der Waals surface area contributed by atoms with Gasteiger partial charge in [0, 0.05) is 36.5 Å². The fourth-order valence-electron chi connectivity index (χ4n) is 3.45. The lowest BCUT2D eigenvalue weighted by Gasteiger charge is -2.32. The fourth-order valence-corrected chi connectivity index (χ4v) is 4.20. The molecule has 1 atom stereocenters. The lowest BCUT2D eigenvalue weighted by molar-refractivity contribution is 0.198. The minimum absolute atomic E-state index is 0.498. The Kier molecular flexibility index (Phi) is 4.40.